The quantitative estimate of drug-likeness (QED) is 0.245. The summed E-state index contributed by atoms with van der Waals surface area (Å²) < 4.78 is 33.5. The minimum Gasteiger partial charge on any atom is -0.415 e. The highest BCUT2D eigenvalue weighted by Gasteiger charge is 2.42. The molecule has 1 fully saturated rings. The monoisotopic (exact) mass is 637 g/mol. The molecule has 0 aromatic heterocycles. The summed E-state index contributed by atoms with van der Waals surface area (Å²) in [6.45, 7) is 31.2. The normalized spacial score (nSPS) is 22.1. The van der Waals surface area contributed by atoms with Crippen LogP contribution in [0.1, 0.15) is 93.6 Å². The fraction of sp³-hybridized carbons (Fsp3) is 0.765. The zero-order chi connectivity index (χ0) is 32.3. The van der Waals surface area contributed by atoms with Crippen LogP contribution in [-0.2, 0) is 18.6 Å². The third-order valence-corrected chi connectivity index (χ3v) is 21.3. The first-order chi connectivity index (χ1) is 19.0. The molecule has 1 aliphatic carbocycles. The topological polar surface area (TPSA) is 68.1 Å². The second kappa shape index (κ2) is 14.1. The van der Waals surface area contributed by atoms with Crippen molar-refractivity contribution in [1.29, 1.82) is 0 Å². The Hall–Kier alpha value is -0.776. The van der Waals surface area contributed by atoms with Crippen molar-refractivity contribution < 1.29 is 18.2 Å². The zero-order valence-electron chi connectivity index (χ0n) is 29.3. The summed E-state index contributed by atoms with van der Waals surface area (Å²) >= 11 is 0. The zero-order valence-corrected chi connectivity index (χ0v) is 32.2. The van der Waals surface area contributed by atoms with E-state index < -0.39 is 32.5 Å². The molecule has 2 rings (SSSR count). The molecule has 8 heteroatoms. The average molecular weight is 638 g/mol. The minimum atomic E-state index is -2.93. The van der Waals surface area contributed by atoms with Gasteiger partial charge in [0, 0.05) is 11.3 Å². The number of rotatable bonds is 11. The highest BCUT2D eigenvalue weighted by atomic mass is 32.2. The fourth-order valence-electron chi connectivity index (χ4n) is 4.79. The second-order valence-corrected chi connectivity index (χ2v) is 27.6. The number of nitrogens with zero attached hydrogens (tertiary/aromatic N) is 1. The third-order valence-electron chi connectivity index (χ3n) is 10.0. The number of benzene rings is 1. The predicted octanol–water partition coefficient (Wildman–Crippen LogP) is 9.71. The van der Waals surface area contributed by atoms with Crippen molar-refractivity contribution in [2.24, 2.45) is 16.2 Å². The van der Waals surface area contributed by atoms with Gasteiger partial charge in [-0.15, -0.1) is 0 Å². The number of hydrogen-bond acceptors (Lipinski definition) is 5. The Balaban J connectivity index is 2.58. The molecule has 242 valence electrons. The van der Waals surface area contributed by atoms with Crippen LogP contribution in [0.5, 0.6) is 0 Å². The van der Waals surface area contributed by atoms with Crippen molar-refractivity contribution in [3.8, 4) is 0 Å². The highest BCUT2D eigenvalue weighted by molar-refractivity contribution is 7.96. The van der Waals surface area contributed by atoms with Gasteiger partial charge in [-0.3, -0.25) is 0 Å². The lowest BCUT2D eigenvalue weighted by atomic mass is 9.80. The Bertz CT molecular complexity index is 1170. The molecule has 0 radical (unpaired) electrons. The molecule has 1 aromatic rings. The summed E-state index contributed by atoms with van der Waals surface area (Å²) in [5.41, 5.74) is 2.18. The molecule has 0 saturated heterocycles. The Kier molecular flexibility index (Phi) is 12.6. The van der Waals surface area contributed by atoms with Crippen molar-refractivity contribution in [1.82, 2.24) is 0 Å². The van der Waals surface area contributed by atoms with Crippen LogP contribution in [0.15, 0.2) is 44.5 Å². The van der Waals surface area contributed by atoms with Crippen LogP contribution in [0.4, 0.5) is 0 Å². The molecule has 1 saturated carbocycles. The minimum absolute atomic E-state index is 0.0587. The largest absolute Gasteiger partial charge is 0.415 e. The van der Waals surface area contributed by atoms with Gasteiger partial charge in [0.2, 0.25) is 0 Å². The van der Waals surface area contributed by atoms with Crippen molar-refractivity contribution in [3.05, 3.63) is 40.8 Å². The molecular formula is C34H63NO4SSi2. The van der Waals surface area contributed by atoms with Crippen molar-refractivity contribution in [3.63, 3.8) is 0 Å². The first-order valence-electron chi connectivity index (χ1n) is 16.0. The van der Waals surface area contributed by atoms with Crippen molar-refractivity contribution >= 4 is 26.4 Å². The van der Waals surface area contributed by atoms with Crippen molar-refractivity contribution in [2.75, 3.05) is 6.61 Å². The van der Waals surface area contributed by atoms with Gasteiger partial charge in [0.25, 0.3) is 0 Å². The molecule has 1 aromatic carbocycles. The first kappa shape index (κ1) is 37.4. The van der Waals surface area contributed by atoms with Gasteiger partial charge in [-0.25, -0.2) is 8.57 Å². The van der Waals surface area contributed by atoms with E-state index in [9.17, 15) is 5.11 Å². The van der Waals surface area contributed by atoms with Crippen LogP contribution < -0.4 is 0 Å². The Morgan fingerprint density at radius 2 is 1.52 bits per heavy atom. The van der Waals surface area contributed by atoms with E-state index >= 15 is 4.21 Å². The van der Waals surface area contributed by atoms with E-state index in [0.29, 0.717) is 6.61 Å². The molecular weight excluding hydrogens is 575 g/mol. The van der Waals surface area contributed by atoms with Gasteiger partial charge in [-0.2, -0.15) is 0 Å². The number of aryl methyl sites for hydroxylation is 1. The van der Waals surface area contributed by atoms with E-state index in [0.717, 1.165) is 41.7 Å². The Labute approximate surface area is 261 Å². The van der Waals surface area contributed by atoms with Gasteiger partial charge in [0.1, 0.15) is 0 Å². The van der Waals surface area contributed by atoms with Gasteiger partial charge in [0.15, 0.2) is 16.6 Å². The first-order valence-corrected chi connectivity index (χ1v) is 23.4. The van der Waals surface area contributed by atoms with Crippen LogP contribution >= 0.6 is 0 Å². The van der Waals surface area contributed by atoms with E-state index in [1.165, 1.54) is 0 Å². The van der Waals surface area contributed by atoms with Crippen LogP contribution in [0.3, 0.4) is 0 Å². The average Bonchev–Trinajstić information content (AvgIpc) is 2.85. The molecule has 0 heterocycles. The molecule has 1 unspecified atom stereocenters. The summed E-state index contributed by atoms with van der Waals surface area (Å²) in [5, 5.41) is 13.8. The molecule has 1 N–H and O–H groups in total. The molecule has 5 atom stereocenters. The van der Waals surface area contributed by atoms with Gasteiger partial charge >= 0.3 is 0 Å². The van der Waals surface area contributed by atoms with E-state index in [4.69, 9.17) is 13.2 Å². The molecule has 0 amide bonds. The molecule has 0 aliphatic heterocycles. The van der Waals surface area contributed by atoms with Gasteiger partial charge < -0.3 is 14.0 Å². The molecule has 5 nitrogen and oxygen atoms in total. The summed E-state index contributed by atoms with van der Waals surface area (Å²) in [6.07, 6.45) is 2.80. The van der Waals surface area contributed by atoms with Gasteiger partial charge in [-0.1, -0.05) is 85.1 Å². The highest BCUT2D eigenvalue weighted by Crippen LogP contribution is 2.41. The Morgan fingerprint density at radius 1 is 0.976 bits per heavy atom. The molecule has 1 aliphatic rings. The SMILES string of the molecule is Cc1ccc(S(=O)(/C=C2\CCCC[C@H]2[C@@H](O)[C@@H](C)O[Si](C)(C)C(C)(C)C)=N[C@@H](CO[Si](C)(C)C(C)(C)C)C(C)C)cc1. The fourth-order valence-corrected chi connectivity index (χ4v) is 9.49. The van der Waals surface area contributed by atoms with E-state index in [1.807, 2.05) is 43.5 Å². The number of aliphatic hydroxyl groups is 1. The molecule has 0 spiro atoms. The summed E-state index contributed by atoms with van der Waals surface area (Å²) in [5.74, 6) is 0.0752. The molecule has 0 bridgehead atoms. The Morgan fingerprint density at radius 3 is 2.02 bits per heavy atom. The van der Waals surface area contributed by atoms with E-state index in [-0.39, 0.29) is 34.1 Å². The maximum absolute atomic E-state index is 15.1. The number of aliphatic hydroxyl groups excluding tert-OH is 1. The maximum atomic E-state index is 15.1. The molecule has 42 heavy (non-hydrogen) atoms. The summed E-state index contributed by atoms with van der Waals surface area (Å²) in [7, 11) is -6.99. The van der Waals surface area contributed by atoms with Gasteiger partial charge in [-0.05, 0) is 87.4 Å². The lowest BCUT2D eigenvalue weighted by molar-refractivity contribution is 0.00326. The van der Waals surface area contributed by atoms with Crippen LogP contribution in [0.2, 0.25) is 36.3 Å². The van der Waals surface area contributed by atoms with Crippen LogP contribution in [-0.4, -0.2) is 50.8 Å². The lowest BCUT2D eigenvalue weighted by Crippen LogP contribution is -2.48. The maximum Gasteiger partial charge on any atom is 0.192 e. The van der Waals surface area contributed by atoms with E-state index in [2.05, 4.69) is 81.6 Å². The number of hydrogen-bond donors (Lipinski definition) is 1. The smallest absolute Gasteiger partial charge is 0.192 e. The van der Waals surface area contributed by atoms with Crippen LogP contribution in [0.25, 0.3) is 0 Å². The van der Waals surface area contributed by atoms with Crippen LogP contribution in [0, 0.1) is 18.8 Å². The third kappa shape index (κ3) is 9.61. The summed E-state index contributed by atoms with van der Waals surface area (Å²) in [6, 6.07) is 7.74. The predicted molar refractivity (Wildman–Crippen MR) is 186 cm³/mol. The van der Waals surface area contributed by atoms with Crippen molar-refractivity contribution in [2.45, 2.75) is 154 Å². The van der Waals surface area contributed by atoms with E-state index in [1.54, 1.807) is 0 Å². The van der Waals surface area contributed by atoms with Gasteiger partial charge in [0.05, 0.1) is 39.5 Å². The summed E-state index contributed by atoms with van der Waals surface area (Å²) in [4.78, 5) is 0.725. The standard InChI is InChI=1S/C34H63NO4SSi2/c1-25(2)31(23-38-41(11,12)33(5,6)7)35-40(37,29-21-19-26(3)20-22-29)24-28-17-15-16-18-30(28)32(36)27(4)39-42(13,14)34(8,9)10/h19-22,24-25,27,30-32,36H,15-18,23H2,1-14H3/b28-24+/t27-,30-,31+,32+,40?/m1/s1. The lowest BCUT2D eigenvalue weighted by Gasteiger charge is -2.41. The second-order valence-electron chi connectivity index (χ2n) is 16.0.